The number of benzene rings is 2. The summed E-state index contributed by atoms with van der Waals surface area (Å²) in [6, 6.07) is 17.8. The van der Waals surface area contributed by atoms with Crippen LogP contribution in [0.2, 0.25) is 0 Å². The smallest absolute Gasteiger partial charge is 0.220 e. The van der Waals surface area contributed by atoms with Crippen molar-refractivity contribution in [2.24, 2.45) is 0 Å². The van der Waals surface area contributed by atoms with Crippen LogP contribution in [0.15, 0.2) is 54.6 Å². The zero-order valence-corrected chi connectivity index (χ0v) is 20.1. The molecule has 0 unspecified atom stereocenters. The number of nitrogens with zero attached hydrogens (tertiary/aromatic N) is 3. The van der Waals surface area contributed by atoms with Gasteiger partial charge in [-0.3, -0.25) is 4.79 Å². The molecule has 0 aliphatic rings. The average molecular weight is 459 g/mol. The lowest BCUT2D eigenvalue weighted by atomic mass is 10.1. The Morgan fingerprint density at radius 1 is 1.00 bits per heavy atom. The zero-order valence-electron chi connectivity index (χ0n) is 20.1. The van der Waals surface area contributed by atoms with E-state index in [0.29, 0.717) is 25.8 Å². The highest BCUT2D eigenvalue weighted by Crippen LogP contribution is 2.25. The van der Waals surface area contributed by atoms with E-state index in [2.05, 4.69) is 5.32 Å². The molecule has 0 fully saturated rings. The summed E-state index contributed by atoms with van der Waals surface area (Å²) in [7, 11) is 3.26. The first-order valence-corrected chi connectivity index (χ1v) is 11.4. The van der Waals surface area contributed by atoms with Crippen LogP contribution in [0.25, 0.3) is 16.9 Å². The number of nitrogens with one attached hydrogen (secondary N) is 1. The standard InChI is InChI=1S/C27H30N4O3/c1-18-23(19(2)31-26(29-18)17-24(30-31)20-8-6-5-7-9-20)12-13-27(32)28-15-14-21-10-11-22(33-3)16-25(21)34-4/h5-11,16-17H,12-15H2,1-4H3,(H,28,32). The van der Waals surface area contributed by atoms with Gasteiger partial charge in [0.1, 0.15) is 11.5 Å². The predicted octanol–water partition coefficient (Wildman–Crippen LogP) is 4.32. The second-order valence-electron chi connectivity index (χ2n) is 8.20. The van der Waals surface area contributed by atoms with Gasteiger partial charge in [0.2, 0.25) is 5.91 Å². The summed E-state index contributed by atoms with van der Waals surface area (Å²) >= 11 is 0. The molecule has 4 rings (SSSR count). The maximum absolute atomic E-state index is 12.5. The summed E-state index contributed by atoms with van der Waals surface area (Å²) in [5.41, 5.74) is 6.79. The van der Waals surface area contributed by atoms with E-state index >= 15 is 0 Å². The Morgan fingerprint density at radius 2 is 1.79 bits per heavy atom. The third-order valence-corrected chi connectivity index (χ3v) is 6.05. The molecule has 7 heteroatoms. The number of carbonyl (C=O) groups is 1. The number of aromatic nitrogens is 3. The summed E-state index contributed by atoms with van der Waals surface area (Å²) in [6.07, 6.45) is 1.68. The number of rotatable bonds is 9. The normalized spacial score (nSPS) is 10.9. The van der Waals surface area contributed by atoms with Crippen molar-refractivity contribution in [2.45, 2.75) is 33.1 Å². The van der Waals surface area contributed by atoms with Crippen LogP contribution < -0.4 is 14.8 Å². The van der Waals surface area contributed by atoms with Gasteiger partial charge in [0.05, 0.1) is 19.9 Å². The van der Waals surface area contributed by atoms with Crippen molar-refractivity contribution in [3.05, 3.63) is 77.1 Å². The highest BCUT2D eigenvalue weighted by Gasteiger charge is 2.14. The molecule has 0 atom stereocenters. The van der Waals surface area contributed by atoms with Crippen LogP contribution in [0.5, 0.6) is 11.5 Å². The van der Waals surface area contributed by atoms with Crippen LogP contribution >= 0.6 is 0 Å². The number of aryl methyl sites for hydroxylation is 2. The maximum atomic E-state index is 12.5. The van der Waals surface area contributed by atoms with Gasteiger partial charge < -0.3 is 14.8 Å². The molecule has 0 bridgehead atoms. The van der Waals surface area contributed by atoms with Gasteiger partial charge in [-0.15, -0.1) is 0 Å². The Labute approximate surface area is 199 Å². The molecule has 34 heavy (non-hydrogen) atoms. The lowest BCUT2D eigenvalue weighted by Gasteiger charge is -2.12. The Kier molecular flexibility index (Phi) is 7.11. The largest absolute Gasteiger partial charge is 0.497 e. The Balaban J connectivity index is 1.39. The van der Waals surface area contributed by atoms with Crippen LogP contribution in [-0.4, -0.2) is 41.3 Å². The highest BCUT2D eigenvalue weighted by molar-refractivity contribution is 5.76. The molecular weight excluding hydrogens is 428 g/mol. The Morgan fingerprint density at radius 3 is 2.53 bits per heavy atom. The lowest BCUT2D eigenvalue weighted by Crippen LogP contribution is -2.26. The molecule has 4 aromatic rings. The minimum atomic E-state index is 0.0109. The fourth-order valence-corrected chi connectivity index (χ4v) is 4.16. The number of hydrogen-bond donors (Lipinski definition) is 1. The van der Waals surface area contributed by atoms with Gasteiger partial charge in [-0.25, -0.2) is 9.50 Å². The van der Waals surface area contributed by atoms with Crippen molar-refractivity contribution in [2.75, 3.05) is 20.8 Å². The average Bonchev–Trinajstić information content (AvgIpc) is 3.29. The van der Waals surface area contributed by atoms with Crippen molar-refractivity contribution in [3.63, 3.8) is 0 Å². The summed E-state index contributed by atoms with van der Waals surface area (Å²) in [6.45, 7) is 4.56. The van der Waals surface area contributed by atoms with Crippen molar-refractivity contribution in [1.82, 2.24) is 19.9 Å². The first-order chi connectivity index (χ1) is 16.5. The molecule has 1 amide bonds. The minimum absolute atomic E-state index is 0.0109. The third-order valence-electron chi connectivity index (χ3n) is 6.05. The third kappa shape index (κ3) is 5.03. The fraction of sp³-hybridized carbons (Fsp3) is 0.296. The van der Waals surface area contributed by atoms with Crippen molar-refractivity contribution in [3.8, 4) is 22.8 Å². The number of fused-ring (bicyclic) bond motifs is 1. The van der Waals surface area contributed by atoms with Gasteiger partial charge in [-0.05, 0) is 43.9 Å². The lowest BCUT2D eigenvalue weighted by molar-refractivity contribution is -0.121. The van der Waals surface area contributed by atoms with E-state index in [9.17, 15) is 4.79 Å². The molecule has 0 radical (unpaired) electrons. The molecule has 2 aromatic carbocycles. The van der Waals surface area contributed by atoms with E-state index in [1.807, 2.05) is 73.0 Å². The molecule has 1 N–H and O–H groups in total. The van der Waals surface area contributed by atoms with Gasteiger partial charge in [0.15, 0.2) is 5.65 Å². The van der Waals surface area contributed by atoms with E-state index in [-0.39, 0.29) is 5.91 Å². The van der Waals surface area contributed by atoms with Crippen LogP contribution in [0.3, 0.4) is 0 Å². The Hall–Kier alpha value is -3.87. The number of hydrogen-bond acceptors (Lipinski definition) is 5. The monoisotopic (exact) mass is 458 g/mol. The topological polar surface area (TPSA) is 77.8 Å². The van der Waals surface area contributed by atoms with Gasteiger partial charge in [0, 0.05) is 42.0 Å². The fourth-order valence-electron chi connectivity index (χ4n) is 4.16. The number of methoxy groups -OCH3 is 2. The van der Waals surface area contributed by atoms with Crippen LogP contribution in [0.4, 0.5) is 0 Å². The summed E-state index contributed by atoms with van der Waals surface area (Å²) in [5.74, 6) is 1.51. The summed E-state index contributed by atoms with van der Waals surface area (Å²) in [5, 5.41) is 7.77. The Bertz CT molecular complexity index is 1300. The second kappa shape index (κ2) is 10.4. The quantitative estimate of drug-likeness (QED) is 0.404. The second-order valence-corrected chi connectivity index (χ2v) is 8.20. The van der Waals surface area contributed by atoms with Gasteiger partial charge >= 0.3 is 0 Å². The number of carbonyl (C=O) groups excluding carboxylic acids is 1. The predicted molar refractivity (Wildman–Crippen MR) is 132 cm³/mol. The molecule has 2 heterocycles. The van der Waals surface area contributed by atoms with Gasteiger partial charge in [-0.1, -0.05) is 36.4 Å². The van der Waals surface area contributed by atoms with Crippen molar-refractivity contribution >= 4 is 11.6 Å². The molecule has 2 aromatic heterocycles. The van der Waals surface area contributed by atoms with Gasteiger partial charge in [-0.2, -0.15) is 5.10 Å². The molecule has 0 aliphatic heterocycles. The molecule has 0 aliphatic carbocycles. The molecule has 0 spiro atoms. The highest BCUT2D eigenvalue weighted by atomic mass is 16.5. The molecule has 176 valence electrons. The van der Waals surface area contributed by atoms with E-state index in [1.165, 1.54) is 0 Å². The van der Waals surface area contributed by atoms with E-state index in [4.69, 9.17) is 19.6 Å². The molecule has 0 saturated heterocycles. The molecule has 0 saturated carbocycles. The molecule has 7 nitrogen and oxygen atoms in total. The minimum Gasteiger partial charge on any atom is -0.497 e. The first kappa shape index (κ1) is 23.3. The number of amides is 1. The van der Waals surface area contributed by atoms with Crippen molar-refractivity contribution in [1.29, 1.82) is 0 Å². The van der Waals surface area contributed by atoms with Crippen LogP contribution in [0, 0.1) is 13.8 Å². The zero-order chi connectivity index (χ0) is 24.1. The summed E-state index contributed by atoms with van der Waals surface area (Å²) < 4.78 is 12.5. The van der Waals surface area contributed by atoms with E-state index in [1.54, 1.807) is 14.2 Å². The molecular formula is C27H30N4O3. The number of ether oxygens (including phenoxy) is 2. The van der Waals surface area contributed by atoms with Gasteiger partial charge in [0.25, 0.3) is 0 Å². The SMILES string of the molecule is COc1ccc(CCNC(=O)CCc2c(C)nc3cc(-c4ccccc4)nn3c2C)c(OC)c1. The van der Waals surface area contributed by atoms with Crippen molar-refractivity contribution < 1.29 is 14.3 Å². The summed E-state index contributed by atoms with van der Waals surface area (Å²) in [4.78, 5) is 17.3. The van der Waals surface area contributed by atoms with E-state index < -0.39 is 0 Å². The first-order valence-electron chi connectivity index (χ1n) is 11.4. The van der Waals surface area contributed by atoms with Crippen LogP contribution in [0.1, 0.15) is 28.9 Å². The van der Waals surface area contributed by atoms with Crippen LogP contribution in [-0.2, 0) is 17.6 Å². The van der Waals surface area contributed by atoms with E-state index in [0.717, 1.165) is 50.9 Å². The maximum Gasteiger partial charge on any atom is 0.220 e.